The second-order valence-electron chi connectivity index (χ2n) is 13.2. The number of nitrogens with two attached hydrogens (primary N) is 1. The molecule has 2 aliphatic carbocycles. The molecule has 2 aliphatic rings. The highest BCUT2D eigenvalue weighted by atomic mass is 19.3. The summed E-state index contributed by atoms with van der Waals surface area (Å²) in [5.41, 5.74) is 3.60. The van der Waals surface area contributed by atoms with Gasteiger partial charge >= 0.3 is 6.09 Å². The molecule has 0 spiro atoms. The van der Waals surface area contributed by atoms with Crippen LogP contribution < -0.4 is 21.7 Å². The molecule has 1 aromatic rings. The Morgan fingerprint density at radius 2 is 1.40 bits per heavy atom. The minimum Gasteiger partial charge on any atom is -0.444 e. The van der Waals surface area contributed by atoms with E-state index in [4.69, 9.17) is 10.5 Å². The van der Waals surface area contributed by atoms with Crippen LogP contribution in [-0.4, -0.2) is 48.2 Å². The zero-order chi connectivity index (χ0) is 33.5. The fourth-order valence-corrected chi connectivity index (χ4v) is 6.67. The normalized spacial score (nSPS) is 18.6. The molecule has 0 aliphatic heterocycles. The smallest absolute Gasteiger partial charge is 0.408 e. The van der Waals surface area contributed by atoms with Gasteiger partial charge in [-0.25, -0.2) is 22.4 Å². The van der Waals surface area contributed by atoms with Crippen molar-refractivity contribution in [3.63, 3.8) is 0 Å². The molecule has 252 valence electrons. The van der Waals surface area contributed by atoms with Gasteiger partial charge in [0.2, 0.25) is 24.0 Å². The van der Waals surface area contributed by atoms with E-state index in [1.165, 1.54) is 12.2 Å². The molecule has 0 saturated heterocycles. The van der Waals surface area contributed by atoms with E-state index in [1.807, 2.05) is 0 Å². The first-order valence-corrected chi connectivity index (χ1v) is 15.7. The van der Waals surface area contributed by atoms with Gasteiger partial charge in [0.25, 0.3) is 6.43 Å². The standard InChI is InChI=1S/C32H46F4N4O5/c1-17(29(42)40-27(36)26(34)35)20-15-22(33)23(16-21(20)28(37)41)38-30(43)25(39-31(44)45-32(2,3)4)24(18-11-7-5-8-12-18)19-13-9-6-10-14-19/h15-19,24-27H,5-14H2,1-4H3,(H2,37,41)(H,38,43)(H,39,44)(H,40,42)/t17?,25-,27?/m0/s1. The van der Waals surface area contributed by atoms with Crippen molar-refractivity contribution in [3.8, 4) is 0 Å². The van der Waals surface area contributed by atoms with Crippen LogP contribution in [0.5, 0.6) is 0 Å². The number of hydrogen-bond acceptors (Lipinski definition) is 5. The lowest BCUT2D eigenvalue weighted by Gasteiger charge is -2.42. The molecule has 13 heteroatoms. The number of primary amides is 1. The third kappa shape index (κ3) is 10.1. The van der Waals surface area contributed by atoms with E-state index in [0.29, 0.717) is 0 Å². The molecule has 2 saturated carbocycles. The maximum atomic E-state index is 15.5. The number of amides is 4. The summed E-state index contributed by atoms with van der Waals surface area (Å²) < 4.78 is 59.7. The number of hydrogen-bond donors (Lipinski definition) is 4. The number of halogens is 4. The van der Waals surface area contributed by atoms with E-state index in [2.05, 4.69) is 10.6 Å². The summed E-state index contributed by atoms with van der Waals surface area (Å²) in [4.78, 5) is 51.8. The van der Waals surface area contributed by atoms with Crippen molar-refractivity contribution in [2.24, 2.45) is 23.5 Å². The van der Waals surface area contributed by atoms with Crippen LogP contribution in [0.25, 0.3) is 0 Å². The number of benzene rings is 1. The van der Waals surface area contributed by atoms with E-state index in [9.17, 15) is 32.3 Å². The van der Waals surface area contributed by atoms with Gasteiger partial charge in [-0.15, -0.1) is 0 Å². The third-order valence-corrected chi connectivity index (χ3v) is 8.75. The lowest BCUT2D eigenvalue weighted by atomic mass is 9.66. The molecule has 1 aromatic carbocycles. The minimum atomic E-state index is -3.49. The van der Waals surface area contributed by atoms with Crippen LogP contribution in [0, 0.1) is 23.6 Å². The van der Waals surface area contributed by atoms with Crippen molar-refractivity contribution in [3.05, 3.63) is 29.1 Å². The van der Waals surface area contributed by atoms with Gasteiger partial charge in [0.15, 0.2) is 0 Å². The second kappa shape index (κ2) is 15.8. The van der Waals surface area contributed by atoms with Crippen molar-refractivity contribution < 1.29 is 41.5 Å². The van der Waals surface area contributed by atoms with Gasteiger partial charge in [0.1, 0.15) is 17.5 Å². The highest BCUT2D eigenvalue weighted by Gasteiger charge is 2.42. The number of alkyl carbamates (subject to hydrolysis) is 1. The second-order valence-corrected chi connectivity index (χ2v) is 13.2. The Labute approximate surface area is 261 Å². The van der Waals surface area contributed by atoms with Crippen LogP contribution in [0.3, 0.4) is 0 Å². The average Bonchev–Trinajstić information content (AvgIpc) is 2.97. The number of rotatable bonds is 11. The van der Waals surface area contributed by atoms with Crippen LogP contribution in [-0.2, 0) is 14.3 Å². The summed E-state index contributed by atoms with van der Waals surface area (Å²) in [5.74, 6) is -5.44. The Balaban J connectivity index is 1.98. The predicted molar refractivity (Wildman–Crippen MR) is 161 cm³/mol. The fourth-order valence-electron chi connectivity index (χ4n) is 6.67. The molecular formula is C32H46F4N4O5. The lowest BCUT2D eigenvalue weighted by Crippen LogP contribution is -2.54. The van der Waals surface area contributed by atoms with E-state index < -0.39 is 65.6 Å². The molecule has 0 bridgehead atoms. The van der Waals surface area contributed by atoms with Crippen LogP contribution in [0.1, 0.15) is 114 Å². The number of anilines is 1. The highest BCUT2D eigenvalue weighted by molar-refractivity contribution is 6.01. The van der Waals surface area contributed by atoms with Gasteiger partial charge in [-0.1, -0.05) is 64.2 Å². The number of carbonyl (C=O) groups is 4. The highest BCUT2D eigenvalue weighted by Crippen LogP contribution is 2.42. The number of carbonyl (C=O) groups excluding carboxylic acids is 4. The first-order chi connectivity index (χ1) is 21.1. The SMILES string of the molecule is CC(C(=O)NC(F)C(F)F)c1cc(F)c(NC(=O)[C@@H](NC(=O)OC(C)(C)C)C(C2CCCCC2)C2CCCCC2)cc1C(N)=O. The lowest BCUT2D eigenvalue weighted by molar-refractivity contribution is -0.126. The fraction of sp³-hybridized carbons (Fsp3) is 0.688. The topological polar surface area (TPSA) is 140 Å². The first kappa shape index (κ1) is 36.1. The molecule has 3 atom stereocenters. The number of ether oxygens (including phenoxy) is 1. The van der Waals surface area contributed by atoms with Crippen molar-refractivity contribution in [1.82, 2.24) is 10.6 Å². The molecule has 9 nitrogen and oxygen atoms in total. The molecule has 45 heavy (non-hydrogen) atoms. The van der Waals surface area contributed by atoms with Gasteiger partial charge in [-0.2, -0.15) is 0 Å². The maximum absolute atomic E-state index is 15.5. The Kier molecular flexibility index (Phi) is 12.6. The zero-order valence-electron chi connectivity index (χ0n) is 26.4. The van der Waals surface area contributed by atoms with Crippen LogP contribution in [0.4, 0.5) is 28.0 Å². The van der Waals surface area contributed by atoms with Crippen molar-refractivity contribution in [1.29, 1.82) is 0 Å². The molecule has 3 rings (SSSR count). The van der Waals surface area contributed by atoms with Crippen LogP contribution in [0.2, 0.25) is 0 Å². The van der Waals surface area contributed by atoms with Gasteiger partial charge in [0.05, 0.1) is 11.6 Å². The van der Waals surface area contributed by atoms with E-state index >= 15 is 4.39 Å². The first-order valence-electron chi connectivity index (χ1n) is 15.7. The van der Waals surface area contributed by atoms with Gasteiger partial charge in [-0.05, 0) is 63.1 Å². The monoisotopic (exact) mass is 642 g/mol. The summed E-state index contributed by atoms with van der Waals surface area (Å²) in [6.45, 7) is 6.28. The minimum absolute atomic E-state index is 0.146. The average molecular weight is 643 g/mol. The maximum Gasteiger partial charge on any atom is 0.408 e. The van der Waals surface area contributed by atoms with Gasteiger partial charge in [-0.3, -0.25) is 14.4 Å². The zero-order valence-corrected chi connectivity index (χ0v) is 26.4. The van der Waals surface area contributed by atoms with Crippen molar-refractivity contribution in [2.75, 3.05) is 5.32 Å². The largest absolute Gasteiger partial charge is 0.444 e. The Hall–Kier alpha value is -3.38. The summed E-state index contributed by atoms with van der Waals surface area (Å²) in [6, 6.07) is 0.656. The van der Waals surface area contributed by atoms with Gasteiger partial charge in [0, 0.05) is 5.56 Å². The Morgan fingerprint density at radius 1 is 0.867 bits per heavy atom. The van der Waals surface area contributed by atoms with Gasteiger partial charge < -0.3 is 26.4 Å². The molecular weight excluding hydrogens is 596 g/mol. The Morgan fingerprint density at radius 3 is 1.87 bits per heavy atom. The number of nitrogens with one attached hydrogen (secondary N) is 3. The molecule has 5 N–H and O–H groups in total. The molecule has 2 fully saturated rings. The van der Waals surface area contributed by atoms with E-state index in [-0.39, 0.29) is 28.9 Å². The molecule has 0 aromatic heterocycles. The molecule has 4 amide bonds. The molecule has 0 radical (unpaired) electrons. The summed E-state index contributed by atoms with van der Waals surface area (Å²) in [6.07, 6.45) is 2.49. The predicted octanol–water partition coefficient (Wildman–Crippen LogP) is 6.31. The Bertz CT molecular complexity index is 1190. The van der Waals surface area contributed by atoms with Crippen molar-refractivity contribution in [2.45, 2.75) is 122 Å². The van der Waals surface area contributed by atoms with E-state index in [0.717, 1.165) is 76.3 Å². The summed E-state index contributed by atoms with van der Waals surface area (Å²) >= 11 is 0. The van der Waals surface area contributed by atoms with E-state index in [1.54, 1.807) is 20.8 Å². The van der Waals surface area contributed by atoms with Crippen LogP contribution in [0.15, 0.2) is 12.1 Å². The summed E-state index contributed by atoms with van der Waals surface area (Å²) in [7, 11) is 0. The van der Waals surface area contributed by atoms with Crippen molar-refractivity contribution >= 4 is 29.5 Å². The number of alkyl halides is 3. The molecule has 2 unspecified atom stereocenters. The third-order valence-electron chi connectivity index (χ3n) is 8.75. The quantitative estimate of drug-likeness (QED) is 0.165. The van der Waals surface area contributed by atoms with Crippen LogP contribution >= 0.6 is 0 Å². The summed E-state index contributed by atoms with van der Waals surface area (Å²) in [5, 5.41) is 6.79. The molecule has 0 heterocycles.